The molecule has 2 aromatic heterocycles. The summed E-state index contributed by atoms with van der Waals surface area (Å²) in [7, 11) is 0. The predicted molar refractivity (Wildman–Crippen MR) is 110 cm³/mol. The van der Waals surface area contributed by atoms with Crippen LogP contribution in [0.3, 0.4) is 0 Å². The van der Waals surface area contributed by atoms with Crippen LogP contribution in [0.4, 0.5) is 0 Å². The largest absolute Gasteiger partial charge is 0.269 e. The fraction of sp³-hybridized carbons (Fsp3) is 0.150. The normalized spacial score (nSPS) is 11.2. The van der Waals surface area contributed by atoms with Gasteiger partial charge in [-0.2, -0.15) is 5.10 Å². The van der Waals surface area contributed by atoms with Crippen molar-refractivity contribution in [2.24, 2.45) is 0 Å². The van der Waals surface area contributed by atoms with Crippen LogP contribution in [0, 0.1) is 0 Å². The van der Waals surface area contributed by atoms with Crippen LogP contribution in [0.5, 0.6) is 0 Å². The molecule has 0 bridgehead atoms. The lowest BCUT2D eigenvalue weighted by molar-refractivity contribution is 0.805. The molecule has 0 fully saturated rings. The van der Waals surface area contributed by atoms with Crippen molar-refractivity contribution in [1.82, 2.24) is 19.7 Å². The van der Waals surface area contributed by atoms with Crippen LogP contribution in [0.1, 0.15) is 18.1 Å². The summed E-state index contributed by atoms with van der Waals surface area (Å²) in [6.07, 6.45) is 2.35. The summed E-state index contributed by atoms with van der Waals surface area (Å²) >= 11 is 7.77. The summed E-state index contributed by atoms with van der Waals surface area (Å²) in [5.74, 6) is 0.611. The van der Waals surface area contributed by atoms with Crippen molar-refractivity contribution in [2.45, 2.75) is 24.3 Å². The Morgan fingerprint density at radius 1 is 1.11 bits per heavy atom. The number of halogens is 1. The fourth-order valence-corrected chi connectivity index (χ4v) is 4.25. The standard InChI is InChI=1S/C20H17ClN4OS/c1-2-13-7-4-6-10-17(13)25-19(26)15-11-22-24-18(15)23-20(25)27-12-14-8-3-5-9-16(14)21/h3-11H,2,12H2,1H3,(H,22,24). The van der Waals surface area contributed by atoms with Crippen LogP contribution in [-0.4, -0.2) is 19.7 Å². The molecule has 0 saturated heterocycles. The van der Waals surface area contributed by atoms with E-state index in [1.54, 1.807) is 4.57 Å². The second-order valence-electron chi connectivity index (χ2n) is 6.03. The lowest BCUT2D eigenvalue weighted by Crippen LogP contribution is -2.22. The van der Waals surface area contributed by atoms with E-state index < -0.39 is 0 Å². The van der Waals surface area contributed by atoms with Gasteiger partial charge in [0.1, 0.15) is 5.39 Å². The van der Waals surface area contributed by atoms with Crippen molar-refractivity contribution in [3.8, 4) is 5.69 Å². The maximum absolute atomic E-state index is 13.2. The van der Waals surface area contributed by atoms with Crippen LogP contribution >= 0.6 is 23.4 Å². The maximum Gasteiger partial charge on any atom is 0.269 e. The molecular formula is C20H17ClN4OS. The van der Waals surface area contributed by atoms with Gasteiger partial charge in [-0.05, 0) is 29.7 Å². The molecule has 2 aromatic carbocycles. The van der Waals surface area contributed by atoms with E-state index >= 15 is 0 Å². The van der Waals surface area contributed by atoms with E-state index in [2.05, 4.69) is 22.1 Å². The molecule has 2 heterocycles. The van der Waals surface area contributed by atoms with Gasteiger partial charge in [0, 0.05) is 10.8 Å². The number of nitrogens with zero attached hydrogens (tertiary/aromatic N) is 3. The van der Waals surface area contributed by atoms with Crippen molar-refractivity contribution in [1.29, 1.82) is 0 Å². The Hall–Kier alpha value is -2.57. The number of rotatable bonds is 5. The second-order valence-corrected chi connectivity index (χ2v) is 7.38. The first kappa shape index (κ1) is 17.8. The number of hydrogen-bond acceptors (Lipinski definition) is 4. The lowest BCUT2D eigenvalue weighted by Gasteiger charge is -2.15. The van der Waals surface area contributed by atoms with Gasteiger partial charge in [0.2, 0.25) is 0 Å². The van der Waals surface area contributed by atoms with Gasteiger partial charge in [-0.3, -0.25) is 14.5 Å². The van der Waals surface area contributed by atoms with E-state index in [1.807, 2.05) is 48.5 Å². The average molecular weight is 397 g/mol. The number of hydrogen-bond donors (Lipinski definition) is 1. The Labute approximate surface area is 165 Å². The third-order valence-corrected chi connectivity index (χ3v) is 5.74. The van der Waals surface area contributed by atoms with E-state index in [0.29, 0.717) is 27.0 Å². The van der Waals surface area contributed by atoms with Gasteiger partial charge in [-0.15, -0.1) is 0 Å². The quantitative estimate of drug-likeness (QED) is 0.395. The zero-order valence-corrected chi connectivity index (χ0v) is 16.2. The molecule has 27 heavy (non-hydrogen) atoms. The molecule has 0 amide bonds. The summed E-state index contributed by atoms with van der Waals surface area (Å²) in [6.45, 7) is 2.07. The molecule has 136 valence electrons. The van der Waals surface area contributed by atoms with Crippen LogP contribution in [0.25, 0.3) is 16.7 Å². The summed E-state index contributed by atoms with van der Waals surface area (Å²) < 4.78 is 1.68. The Morgan fingerprint density at radius 2 is 1.85 bits per heavy atom. The Kier molecular flexibility index (Phi) is 5.01. The van der Waals surface area contributed by atoms with Crippen LogP contribution in [0.15, 0.2) is 64.7 Å². The van der Waals surface area contributed by atoms with Crippen LogP contribution in [0.2, 0.25) is 5.02 Å². The summed E-state index contributed by atoms with van der Waals surface area (Å²) in [5.41, 5.74) is 3.30. The van der Waals surface area contributed by atoms with Crippen LogP contribution < -0.4 is 5.56 Å². The second kappa shape index (κ2) is 7.58. The van der Waals surface area contributed by atoms with E-state index in [9.17, 15) is 4.79 Å². The number of aryl methyl sites for hydroxylation is 1. The molecule has 1 N–H and O–H groups in total. The van der Waals surface area contributed by atoms with Crippen molar-refractivity contribution >= 4 is 34.4 Å². The number of fused-ring (bicyclic) bond motifs is 1. The highest BCUT2D eigenvalue weighted by Crippen LogP contribution is 2.28. The first-order chi connectivity index (χ1) is 13.2. The number of aromatic nitrogens is 4. The molecule has 7 heteroatoms. The monoisotopic (exact) mass is 396 g/mol. The Bertz CT molecular complexity index is 1170. The summed E-state index contributed by atoms with van der Waals surface area (Å²) in [4.78, 5) is 17.8. The van der Waals surface area contributed by atoms with E-state index in [4.69, 9.17) is 11.6 Å². The SMILES string of the molecule is CCc1ccccc1-n1c(SCc2ccccc2Cl)nc2[nH]ncc2c1=O. The minimum absolute atomic E-state index is 0.128. The Morgan fingerprint density at radius 3 is 2.63 bits per heavy atom. The molecule has 4 rings (SSSR count). The molecule has 0 saturated carbocycles. The molecule has 0 aliphatic carbocycles. The van der Waals surface area contributed by atoms with Gasteiger partial charge < -0.3 is 0 Å². The minimum Gasteiger partial charge on any atom is -0.268 e. The molecule has 0 unspecified atom stereocenters. The number of para-hydroxylation sites is 1. The predicted octanol–water partition coefficient (Wildman–Crippen LogP) is 4.62. The van der Waals surface area contributed by atoms with Crippen LogP contribution in [-0.2, 0) is 12.2 Å². The first-order valence-corrected chi connectivity index (χ1v) is 9.96. The molecule has 0 atom stereocenters. The average Bonchev–Trinajstić information content (AvgIpc) is 3.16. The number of nitrogens with one attached hydrogen (secondary N) is 1. The number of benzene rings is 2. The number of H-pyrrole nitrogens is 1. The highest BCUT2D eigenvalue weighted by atomic mass is 35.5. The number of thioether (sulfide) groups is 1. The third kappa shape index (κ3) is 3.38. The van der Waals surface area contributed by atoms with Crippen molar-refractivity contribution in [3.05, 3.63) is 81.2 Å². The van der Waals surface area contributed by atoms with E-state index in [-0.39, 0.29) is 5.56 Å². The minimum atomic E-state index is -0.128. The van der Waals surface area contributed by atoms with Gasteiger partial charge in [0.25, 0.3) is 5.56 Å². The van der Waals surface area contributed by atoms with Gasteiger partial charge in [-0.1, -0.05) is 66.7 Å². The summed E-state index contributed by atoms with van der Waals surface area (Å²) in [6, 6.07) is 15.6. The fourth-order valence-electron chi connectivity index (χ4n) is 2.97. The van der Waals surface area contributed by atoms with Gasteiger partial charge >= 0.3 is 0 Å². The molecule has 0 aliphatic rings. The zero-order chi connectivity index (χ0) is 18.8. The zero-order valence-electron chi connectivity index (χ0n) is 14.6. The van der Waals surface area contributed by atoms with Crippen molar-refractivity contribution < 1.29 is 0 Å². The highest BCUT2D eigenvalue weighted by Gasteiger charge is 2.16. The van der Waals surface area contributed by atoms with E-state index in [1.165, 1.54) is 18.0 Å². The molecule has 5 nitrogen and oxygen atoms in total. The third-order valence-electron chi connectivity index (χ3n) is 4.38. The van der Waals surface area contributed by atoms with E-state index in [0.717, 1.165) is 23.2 Å². The lowest BCUT2D eigenvalue weighted by atomic mass is 10.1. The molecule has 0 aliphatic heterocycles. The van der Waals surface area contributed by atoms with Gasteiger partial charge in [0.05, 0.1) is 11.9 Å². The van der Waals surface area contributed by atoms with Gasteiger partial charge in [0.15, 0.2) is 10.8 Å². The maximum atomic E-state index is 13.2. The van der Waals surface area contributed by atoms with Crippen molar-refractivity contribution in [3.63, 3.8) is 0 Å². The highest BCUT2D eigenvalue weighted by molar-refractivity contribution is 7.98. The molecular weight excluding hydrogens is 380 g/mol. The Balaban J connectivity index is 1.86. The molecule has 0 spiro atoms. The molecule has 4 aromatic rings. The molecule has 0 radical (unpaired) electrons. The first-order valence-electron chi connectivity index (χ1n) is 8.59. The smallest absolute Gasteiger partial charge is 0.268 e. The number of aromatic amines is 1. The topological polar surface area (TPSA) is 63.6 Å². The van der Waals surface area contributed by atoms with Gasteiger partial charge in [-0.25, -0.2) is 4.98 Å². The summed E-state index contributed by atoms with van der Waals surface area (Å²) in [5, 5.41) is 8.57. The van der Waals surface area contributed by atoms with Crippen molar-refractivity contribution in [2.75, 3.05) is 0 Å².